The lowest BCUT2D eigenvalue weighted by molar-refractivity contribution is 0.0615. The molecule has 90 valence electrons. The van der Waals surface area contributed by atoms with Crippen LogP contribution in [0.15, 0.2) is 18.2 Å². The van der Waals surface area contributed by atoms with Gasteiger partial charge in [-0.1, -0.05) is 17.7 Å². The normalized spacial score (nSPS) is 12.4. The molecule has 0 aliphatic heterocycles. The molecule has 0 aliphatic rings. The predicted molar refractivity (Wildman–Crippen MR) is 66.9 cm³/mol. The van der Waals surface area contributed by atoms with Crippen LogP contribution in [0.1, 0.15) is 6.42 Å². The second-order valence-electron chi connectivity index (χ2n) is 3.53. The molecule has 0 bridgehead atoms. The molecule has 4 nitrogen and oxygen atoms in total. The van der Waals surface area contributed by atoms with E-state index < -0.39 is 6.10 Å². The van der Waals surface area contributed by atoms with Gasteiger partial charge in [-0.25, -0.2) is 0 Å². The molecule has 5 heteroatoms. The highest BCUT2D eigenvalue weighted by Gasteiger charge is 2.06. The summed E-state index contributed by atoms with van der Waals surface area (Å²) in [6.07, 6.45) is 0.111. The lowest BCUT2D eigenvalue weighted by Gasteiger charge is -2.13. The zero-order valence-corrected chi connectivity index (χ0v) is 10.00. The van der Waals surface area contributed by atoms with Gasteiger partial charge < -0.3 is 20.9 Å². The highest BCUT2D eigenvalue weighted by Crippen LogP contribution is 2.27. The summed E-state index contributed by atoms with van der Waals surface area (Å²) in [5, 5.41) is 13.1. The maximum Gasteiger partial charge on any atom is 0.0790 e. The lowest BCUT2D eigenvalue weighted by Crippen LogP contribution is -2.18. The summed E-state index contributed by atoms with van der Waals surface area (Å²) in [7, 11) is 1.56. The van der Waals surface area contributed by atoms with Crippen molar-refractivity contribution in [2.24, 2.45) is 0 Å². The molecule has 0 fully saturated rings. The number of aliphatic hydroxyl groups is 1. The summed E-state index contributed by atoms with van der Waals surface area (Å²) >= 11 is 5.98. The van der Waals surface area contributed by atoms with Crippen molar-refractivity contribution in [3.8, 4) is 0 Å². The molecule has 16 heavy (non-hydrogen) atoms. The average Bonchev–Trinajstić information content (AvgIpc) is 2.23. The SMILES string of the molecule is COCC(O)CCNc1c(N)cccc1Cl. The van der Waals surface area contributed by atoms with Gasteiger partial charge in [-0.05, 0) is 18.6 Å². The number of benzene rings is 1. The molecule has 1 atom stereocenters. The third-order valence-corrected chi connectivity index (χ3v) is 2.50. The van der Waals surface area contributed by atoms with Gasteiger partial charge in [0.15, 0.2) is 0 Å². The van der Waals surface area contributed by atoms with Crippen LogP contribution in [-0.4, -0.2) is 31.5 Å². The Kier molecular flexibility index (Phi) is 5.38. The van der Waals surface area contributed by atoms with Crippen molar-refractivity contribution in [1.82, 2.24) is 0 Å². The number of hydrogen-bond acceptors (Lipinski definition) is 4. The molecule has 0 aliphatic carbocycles. The Labute approximate surface area is 100 Å². The summed E-state index contributed by atoms with van der Waals surface area (Å²) in [5.74, 6) is 0. The molecule has 0 saturated heterocycles. The minimum absolute atomic E-state index is 0.333. The van der Waals surface area contributed by atoms with Crippen LogP contribution in [0.25, 0.3) is 0 Å². The number of hydrogen-bond donors (Lipinski definition) is 3. The van der Waals surface area contributed by atoms with Crippen molar-refractivity contribution >= 4 is 23.0 Å². The number of halogens is 1. The van der Waals surface area contributed by atoms with Crippen LogP contribution in [0.2, 0.25) is 5.02 Å². The number of anilines is 2. The van der Waals surface area contributed by atoms with E-state index in [1.807, 2.05) is 0 Å². The molecule has 1 rings (SSSR count). The third kappa shape index (κ3) is 3.89. The molecule has 1 unspecified atom stereocenters. The van der Waals surface area contributed by atoms with Gasteiger partial charge in [-0.15, -0.1) is 0 Å². The molecule has 1 aromatic rings. The first-order valence-electron chi connectivity index (χ1n) is 5.10. The summed E-state index contributed by atoms with van der Waals surface area (Å²) < 4.78 is 4.83. The lowest BCUT2D eigenvalue weighted by atomic mass is 10.2. The van der Waals surface area contributed by atoms with E-state index in [0.717, 1.165) is 0 Å². The van der Waals surface area contributed by atoms with Crippen LogP contribution in [0.5, 0.6) is 0 Å². The number of nitrogens with two attached hydrogens (primary N) is 1. The van der Waals surface area contributed by atoms with Gasteiger partial charge in [0.05, 0.1) is 29.1 Å². The Balaban J connectivity index is 2.43. The van der Waals surface area contributed by atoms with E-state index in [2.05, 4.69) is 5.32 Å². The fraction of sp³-hybridized carbons (Fsp3) is 0.455. The van der Waals surface area contributed by atoms with Crippen LogP contribution >= 0.6 is 11.6 Å². The van der Waals surface area contributed by atoms with E-state index >= 15 is 0 Å². The van der Waals surface area contributed by atoms with Crippen molar-refractivity contribution in [3.63, 3.8) is 0 Å². The van der Waals surface area contributed by atoms with Gasteiger partial charge in [0.1, 0.15) is 0 Å². The number of methoxy groups -OCH3 is 1. The minimum atomic E-state index is -0.471. The fourth-order valence-electron chi connectivity index (χ4n) is 1.37. The first-order valence-corrected chi connectivity index (χ1v) is 5.47. The Hall–Kier alpha value is -0.970. The number of nitrogen functional groups attached to an aromatic ring is 1. The van der Waals surface area contributed by atoms with E-state index in [-0.39, 0.29) is 0 Å². The average molecular weight is 245 g/mol. The van der Waals surface area contributed by atoms with Crippen molar-refractivity contribution in [3.05, 3.63) is 23.2 Å². The second-order valence-corrected chi connectivity index (χ2v) is 3.94. The number of rotatable bonds is 6. The third-order valence-electron chi connectivity index (χ3n) is 2.18. The summed E-state index contributed by atoms with van der Waals surface area (Å²) in [6.45, 7) is 0.929. The number of ether oxygens (including phenoxy) is 1. The zero-order chi connectivity index (χ0) is 12.0. The summed E-state index contributed by atoms with van der Waals surface area (Å²) in [5.41, 5.74) is 7.08. The minimum Gasteiger partial charge on any atom is -0.397 e. The first kappa shape index (κ1) is 13.1. The predicted octanol–water partition coefficient (Wildman–Crippen LogP) is 1.73. The molecule has 1 aromatic carbocycles. The van der Waals surface area contributed by atoms with Crippen LogP contribution in [0.4, 0.5) is 11.4 Å². The first-order chi connectivity index (χ1) is 7.65. The second kappa shape index (κ2) is 6.58. The van der Waals surface area contributed by atoms with E-state index in [1.165, 1.54) is 0 Å². The van der Waals surface area contributed by atoms with Crippen LogP contribution in [-0.2, 0) is 4.74 Å². The van der Waals surface area contributed by atoms with Crippen molar-refractivity contribution in [1.29, 1.82) is 0 Å². The summed E-state index contributed by atoms with van der Waals surface area (Å²) in [6, 6.07) is 5.34. The van der Waals surface area contributed by atoms with Gasteiger partial charge in [0.25, 0.3) is 0 Å². The molecule has 0 spiro atoms. The van der Waals surface area contributed by atoms with E-state index in [4.69, 9.17) is 22.1 Å². The molecule has 0 amide bonds. The van der Waals surface area contributed by atoms with Crippen LogP contribution in [0.3, 0.4) is 0 Å². The molecule has 4 N–H and O–H groups in total. The molecule has 0 radical (unpaired) electrons. The van der Waals surface area contributed by atoms with Gasteiger partial charge >= 0.3 is 0 Å². The van der Waals surface area contributed by atoms with E-state index in [1.54, 1.807) is 25.3 Å². The van der Waals surface area contributed by atoms with Gasteiger partial charge in [-0.3, -0.25) is 0 Å². The quantitative estimate of drug-likeness (QED) is 0.667. The van der Waals surface area contributed by atoms with Crippen molar-refractivity contribution in [2.45, 2.75) is 12.5 Å². The van der Waals surface area contributed by atoms with Crippen molar-refractivity contribution in [2.75, 3.05) is 31.3 Å². The maximum absolute atomic E-state index is 9.44. The largest absolute Gasteiger partial charge is 0.397 e. The molecule has 0 heterocycles. The smallest absolute Gasteiger partial charge is 0.0790 e. The number of para-hydroxylation sites is 1. The standard InChI is InChI=1S/C11H17ClN2O2/c1-16-7-8(15)5-6-14-11-9(12)3-2-4-10(11)13/h2-4,8,14-15H,5-7,13H2,1H3. The molecular formula is C11H17ClN2O2. The molecular weight excluding hydrogens is 228 g/mol. The monoisotopic (exact) mass is 244 g/mol. The summed E-state index contributed by atoms with van der Waals surface area (Å²) in [4.78, 5) is 0. The van der Waals surface area contributed by atoms with Gasteiger partial charge in [-0.2, -0.15) is 0 Å². The Morgan fingerprint density at radius 3 is 2.94 bits per heavy atom. The van der Waals surface area contributed by atoms with Crippen LogP contribution < -0.4 is 11.1 Å². The Morgan fingerprint density at radius 2 is 2.31 bits per heavy atom. The Bertz CT molecular complexity index is 314. The van der Waals surface area contributed by atoms with Gasteiger partial charge in [0.2, 0.25) is 0 Å². The van der Waals surface area contributed by atoms with Crippen molar-refractivity contribution < 1.29 is 9.84 Å². The maximum atomic E-state index is 9.44. The van der Waals surface area contributed by atoms with Crippen LogP contribution in [0, 0.1) is 0 Å². The number of nitrogens with one attached hydrogen (secondary N) is 1. The Morgan fingerprint density at radius 1 is 1.56 bits per heavy atom. The van der Waals surface area contributed by atoms with E-state index in [9.17, 15) is 5.11 Å². The number of aliphatic hydroxyl groups excluding tert-OH is 1. The zero-order valence-electron chi connectivity index (χ0n) is 9.24. The van der Waals surface area contributed by atoms with Gasteiger partial charge in [0, 0.05) is 13.7 Å². The highest BCUT2D eigenvalue weighted by molar-refractivity contribution is 6.33. The van der Waals surface area contributed by atoms with E-state index in [0.29, 0.717) is 36.0 Å². The highest BCUT2D eigenvalue weighted by atomic mass is 35.5. The molecule has 0 aromatic heterocycles. The molecule has 0 saturated carbocycles. The topological polar surface area (TPSA) is 67.5 Å². The fourth-order valence-corrected chi connectivity index (χ4v) is 1.62.